The number of fused-ring (bicyclic) bond motifs is 2. The number of anilines is 1. The van der Waals surface area contributed by atoms with Crippen LogP contribution in [0.3, 0.4) is 0 Å². The number of carbonyl (C=O) groups excluding carboxylic acids is 2. The summed E-state index contributed by atoms with van der Waals surface area (Å²) in [5, 5.41) is 3.95. The topological polar surface area (TPSA) is 86.8 Å². The molecule has 1 aliphatic heterocycles. The number of rotatable bonds is 4. The number of carbonyl (C=O) groups is 2. The standard InChI is InChI=1S/C22H19ClN2O5/c1-13-17(10-14-9-15(23)3-5-18(14)24-13)22(27)30-12-21(26)25-16-4-6-19-20(11-16)29-8-2-7-28-19/h3-6,9-11H,2,7-8,12H2,1H3,(H,25,26). The highest BCUT2D eigenvalue weighted by atomic mass is 35.5. The molecule has 0 unspecified atom stereocenters. The van der Waals surface area contributed by atoms with E-state index in [1.807, 2.05) is 0 Å². The fourth-order valence-corrected chi connectivity index (χ4v) is 3.28. The quantitative estimate of drug-likeness (QED) is 0.630. The Kier molecular flexibility index (Phi) is 5.72. The largest absolute Gasteiger partial charge is 0.490 e. The van der Waals surface area contributed by atoms with Crippen molar-refractivity contribution >= 4 is 40.1 Å². The molecule has 30 heavy (non-hydrogen) atoms. The number of halogens is 1. The Morgan fingerprint density at radius 1 is 1.10 bits per heavy atom. The van der Waals surface area contributed by atoms with Crippen LogP contribution in [-0.2, 0) is 9.53 Å². The van der Waals surface area contributed by atoms with Crippen LogP contribution in [0.1, 0.15) is 22.5 Å². The molecule has 3 aromatic rings. The third kappa shape index (κ3) is 4.46. The number of amides is 1. The summed E-state index contributed by atoms with van der Waals surface area (Å²) < 4.78 is 16.3. The summed E-state index contributed by atoms with van der Waals surface area (Å²) in [5.74, 6) is 0.109. The lowest BCUT2D eigenvalue weighted by Gasteiger charge is -2.11. The van der Waals surface area contributed by atoms with Crippen LogP contribution < -0.4 is 14.8 Å². The van der Waals surface area contributed by atoms with E-state index in [9.17, 15) is 9.59 Å². The molecule has 2 aromatic carbocycles. The minimum atomic E-state index is -0.629. The van der Waals surface area contributed by atoms with Gasteiger partial charge in [-0.1, -0.05) is 11.6 Å². The third-order valence-electron chi connectivity index (χ3n) is 4.55. The monoisotopic (exact) mass is 426 g/mol. The van der Waals surface area contributed by atoms with Crippen molar-refractivity contribution in [1.82, 2.24) is 4.98 Å². The zero-order valence-corrected chi connectivity index (χ0v) is 17.0. The highest BCUT2D eigenvalue weighted by Gasteiger charge is 2.16. The highest BCUT2D eigenvalue weighted by molar-refractivity contribution is 6.31. The van der Waals surface area contributed by atoms with Crippen molar-refractivity contribution in [2.45, 2.75) is 13.3 Å². The average molecular weight is 427 g/mol. The van der Waals surface area contributed by atoms with Crippen molar-refractivity contribution in [1.29, 1.82) is 0 Å². The third-order valence-corrected chi connectivity index (χ3v) is 4.79. The lowest BCUT2D eigenvalue weighted by molar-refractivity contribution is -0.119. The van der Waals surface area contributed by atoms with Gasteiger partial charge in [-0.3, -0.25) is 9.78 Å². The Morgan fingerprint density at radius 3 is 2.73 bits per heavy atom. The number of aryl methyl sites for hydroxylation is 1. The van der Waals surface area contributed by atoms with Crippen LogP contribution in [0.15, 0.2) is 42.5 Å². The summed E-state index contributed by atoms with van der Waals surface area (Å²) in [6.07, 6.45) is 0.793. The molecule has 7 nitrogen and oxygen atoms in total. The Labute approximate surface area is 177 Å². The van der Waals surface area contributed by atoms with Gasteiger partial charge in [0.1, 0.15) is 0 Å². The number of ether oxygens (including phenoxy) is 3. The second-order valence-electron chi connectivity index (χ2n) is 6.79. The first-order chi connectivity index (χ1) is 14.5. The molecule has 154 valence electrons. The summed E-state index contributed by atoms with van der Waals surface area (Å²) in [6, 6.07) is 12.0. The predicted octanol–water partition coefficient (Wildman–Crippen LogP) is 4.15. The van der Waals surface area contributed by atoms with Crippen molar-refractivity contribution < 1.29 is 23.8 Å². The van der Waals surface area contributed by atoms with E-state index in [2.05, 4.69) is 10.3 Å². The molecule has 0 fully saturated rings. The van der Waals surface area contributed by atoms with Gasteiger partial charge in [-0.05, 0) is 43.3 Å². The van der Waals surface area contributed by atoms with E-state index in [4.69, 9.17) is 25.8 Å². The van der Waals surface area contributed by atoms with Gasteiger partial charge in [0, 0.05) is 28.6 Å². The molecule has 0 saturated carbocycles. The highest BCUT2D eigenvalue weighted by Crippen LogP contribution is 2.32. The SMILES string of the molecule is Cc1nc2ccc(Cl)cc2cc1C(=O)OCC(=O)Nc1ccc2c(c1)OCCCO2. The second-order valence-corrected chi connectivity index (χ2v) is 7.23. The molecule has 8 heteroatoms. The maximum Gasteiger partial charge on any atom is 0.340 e. The minimum Gasteiger partial charge on any atom is -0.490 e. The van der Waals surface area contributed by atoms with Crippen LogP contribution in [0.2, 0.25) is 5.02 Å². The van der Waals surface area contributed by atoms with E-state index in [1.54, 1.807) is 49.4 Å². The molecule has 1 N–H and O–H groups in total. The number of hydrogen-bond acceptors (Lipinski definition) is 6. The van der Waals surface area contributed by atoms with Gasteiger partial charge in [0.25, 0.3) is 5.91 Å². The number of nitrogens with zero attached hydrogens (tertiary/aromatic N) is 1. The first kappa shape index (κ1) is 20.0. The molecule has 0 bridgehead atoms. The molecule has 1 aromatic heterocycles. The first-order valence-electron chi connectivity index (χ1n) is 9.43. The Bertz CT molecular complexity index is 1130. The lowest BCUT2D eigenvalue weighted by atomic mass is 10.1. The molecule has 0 spiro atoms. The van der Waals surface area contributed by atoms with Crippen molar-refractivity contribution in [2.24, 2.45) is 0 Å². The Morgan fingerprint density at radius 2 is 1.90 bits per heavy atom. The molecule has 0 radical (unpaired) electrons. The molecular formula is C22H19ClN2O5. The number of nitrogens with one attached hydrogen (secondary N) is 1. The van der Waals surface area contributed by atoms with Gasteiger partial charge in [-0.15, -0.1) is 0 Å². The van der Waals surface area contributed by atoms with Crippen LogP contribution in [0.5, 0.6) is 11.5 Å². The van der Waals surface area contributed by atoms with Crippen LogP contribution in [0.25, 0.3) is 10.9 Å². The van der Waals surface area contributed by atoms with E-state index in [-0.39, 0.29) is 5.56 Å². The summed E-state index contributed by atoms with van der Waals surface area (Å²) in [5.41, 5.74) is 2.05. The fraction of sp³-hybridized carbons (Fsp3) is 0.227. The molecule has 0 atom stereocenters. The van der Waals surface area contributed by atoms with E-state index in [1.165, 1.54) is 0 Å². The number of aromatic nitrogens is 1. The van der Waals surface area contributed by atoms with Crippen LogP contribution >= 0.6 is 11.6 Å². The van der Waals surface area contributed by atoms with Crippen LogP contribution in [0.4, 0.5) is 5.69 Å². The molecule has 2 heterocycles. The van der Waals surface area contributed by atoms with E-state index in [0.29, 0.717) is 41.1 Å². The Hall–Kier alpha value is -3.32. The van der Waals surface area contributed by atoms with Crippen molar-refractivity contribution in [3.8, 4) is 11.5 Å². The van der Waals surface area contributed by atoms with Crippen molar-refractivity contribution in [2.75, 3.05) is 25.1 Å². The summed E-state index contributed by atoms with van der Waals surface area (Å²) in [6.45, 7) is 2.42. The van der Waals surface area contributed by atoms with Gasteiger partial charge in [0.2, 0.25) is 0 Å². The Balaban J connectivity index is 1.40. The number of benzene rings is 2. The normalized spacial score (nSPS) is 12.9. The summed E-state index contributed by atoms with van der Waals surface area (Å²) in [7, 11) is 0. The van der Waals surface area contributed by atoms with E-state index < -0.39 is 18.5 Å². The minimum absolute atomic E-state index is 0.285. The van der Waals surface area contributed by atoms with Gasteiger partial charge >= 0.3 is 5.97 Å². The first-order valence-corrected chi connectivity index (χ1v) is 9.81. The molecular weight excluding hydrogens is 408 g/mol. The molecule has 1 aliphatic rings. The smallest absolute Gasteiger partial charge is 0.340 e. The van der Waals surface area contributed by atoms with Gasteiger partial charge in [-0.2, -0.15) is 0 Å². The van der Waals surface area contributed by atoms with Gasteiger partial charge in [0.15, 0.2) is 18.1 Å². The molecule has 0 aliphatic carbocycles. The fourth-order valence-electron chi connectivity index (χ4n) is 3.10. The lowest BCUT2D eigenvalue weighted by Crippen LogP contribution is -2.21. The van der Waals surface area contributed by atoms with Crippen LogP contribution in [0, 0.1) is 6.92 Å². The average Bonchev–Trinajstić information content (AvgIpc) is 2.97. The van der Waals surface area contributed by atoms with Gasteiger partial charge in [0.05, 0.1) is 30.0 Å². The zero-order chi connectivity index (χ0) is 21.1. The molecule has 4 rings (SSSR count). The summed E-state index contributed by atoms with van der Waals surface area (Å²) in [4.78, 5) is 29.1. The number of hydrogen-bond donors (Lipinski definition) is 1. The van der Waals surface area contributed by atoms with E-state index in [0.717, 1.165) is 17.3 Å². The second kappa shape index (κ2) is 8.59. The van der Waals surface area contributed by atoms with Crippen molar-refractivity contribution in [3.05, 3.63) is 58.7 Å². The van der Waals surface area contributed by atoms with Gasteiger partial charge in [-0.25, -0.2) is 4.79 Å². The van der Waals surface area contributed by atoms with E-state index >= 15 is 0 Å². The summed E-state index contributed by atoms with van der Waals surface area (Å²) >= 11 is 6.01. The van der Waals surface area contributed by atoms with Gasteiger partial charge < -0.3 is 19.5 Å². The number of esters is 1. The molecule has 0 saturated heterocycles. The van der Waals surface area contributed by atoms with Crippen LogP contribution in [-0.4, -0.2) is 36.7 Å². The molecule has 1 amide bonds. The van der Waals surface area contributed by atoms with Crippen molar-refractivity contribution in [3.63, 3.8) is 0 Å². The number of pyridine rings is 1. The maximum atomic E-state index is 12.5. The predicted molar refractivity (Wildman–Crippen MR) is 112 cm³/mol. The zero-order valence-electron chi connectivity index (χ0n) is 16.2. The maximum absolute atomic E-state index is 12.5.